The monoisotopic (exact) mass is 618 g/mol. The minimum absolute atomic E-state index is 0.0230. The number of benzene rings is 2. The highest BCUT2D eigenvalue weighted by Crippen LogP contribution is 2.37. The lowest BCUT2D eigenvalue weighted by atomic mass is 9.80. The molecule has 2 fully saturated rings. The highest BCUT2D eigenvalue weighted by atomic mass is 19.4. The standard InChI is InChI=1S/C32H35F5N4O3/c1-30(2,24-10-6-7-11-25(24)32(35,36)37)38-17-22(42)16-31(18-41(19-31)21-8-4-3-5-9-21)39-29(43)27-15-28(44-40-27)23-13-12-20(33)14-26(23)34/h6-7,10-15,21,38H,3-5,8-9,16-19H2,1-2H3,(H,39,43). The summed E-state index contributed by atoms with van der Waals surface area (Å²) >= 11 is 0. The Balaban J connectivity index is 1.29. The first-order valence-corrected chi connectivity index (χ1v) is 14.7. The SMILES string of the molecule is CC(C)(NCC(=O)CC1(NC(=O)c2cc(-c3ccc(F)cc3F)on2)CN(C2CCCCC2)C1)c1ccccc1C(F)(F)F. The average molecular weight is 619 g/mol. The number of Topliss-reactive ketones (excluding diaryl/α,β-unsaturated/α-hetero) is 1. The number of carbonyl (C=O) groups is 2. The number of amides is 1. The van der Waals surface area contributed by atoms with E-state index < -0.39 is 40.4 Å². The van der Waals surface area contributed by atoms with Gasteiger partial charge in [0.05, 0.1) is 23.2 Å². The zero-order chi connectivity index (χ0) is 31.7. The summed E-state index contributed by atoms with van der Waals surface area (Å²) < 4.78 is 73.7. The second kappa shape index (κ2) is 12.4. The molecule has 1 saturated carbocycles. The molecule has 1 amide bonds. The number of alkyl halides is 3. The Bertz CT molecular complexity index is 1510. The van der Waals surface area contributed by atoms with Crippen LogP contribution in [0, 0.1) is 11.6 Å². The van der Waals surface area contributed by atoms with Gasteiger partial charge < -0.3 is 15.2 Å². The van der Waals surface area contributed by atoms with E-state index in [-0.39, 0.29) is 41.3 Å². The van der Waals surface area contributed by atoms with Crippen LogP contribution < -0.4 is 10.6 Å². The Hall–Kier alpha value is -3.64. The average Bonchev–Trinajstić information content (AvgIpc) is 3.45. The molecule has 0 radical (unpaired) electrons. The third-order valence-corrected chi connectivity index (χ3v) is 8.59. The van der Waals surface area contributed by atoms with Crippen LogP contribution in [0.4, 0.5) is 22.0 Å². The van der Waals surface area contributed by atoms with Crippen LogP contribution in [-0.2, 0) is 16.5 Å². The lowest BCUT2D eigenvalue weighted by molar-refractivity contribution is -0.138. The molecule has 2 aliphatic rings. The molecule has 44 heavy (non-hydrogen) atoms. The van der Waals surface area contributed by atoms with Gasteiger partial charge in [-0.1, -0.05) is 42.6 Å². The summed E-state index contributed by atoms with van der Waals surface area (Å²) in [5, 5.41) is 9.69. The maximum absolute atomic E-state index is 14.3. The maximum Gasteiger partial charge on any atom is 0.416 e. The highest BCUT2D eigenvalue weighted by Gasteiger charge is 2.48. The first-order valence-electron chi connectivity index (χ1n) is 14.7. The molecular weight excluding hydrogens is 583 g/mol. The van der Waals surface area contributed by atoms with E-state index in [4.69, 9.17) is 4.52 Å². The fourth-order valence-corrected chi connectivity index (χ4v) is 6.30. The summed E-state index contributed by atoms with van der Waals surface area (Å²) in [7, 11) is 0. The van der Waals surface area contributed by atoms with Crippen LogP contribution >= 0.6 is 0 Å². The topological polar surface area (TPSA) is 87.5 Å². The number of nitrogens with zero attached hydrogens (tertiary/aromatic N) is 2. The van der Waals surface area contributed by atoms with Crippen molar-refractivity contribution in [3.8, 4) is 11.3 Å². The maximum atomic E-state index is 14.3. The van der Waals surface area contributed by atoms with Crippen molar-refractivity contribution in [3.05, 3.63) is 77.0 Å². The molecule has 1 aliphatic carbocycles. The second-order valence-corrected chi connectivity index (χ2v) is 12.4. The molecule has 0 bridgehead atoms. The van der Waals surface area contributed by atoms with E-state index in [0.29, 0.717) is 25.2 Å². The quantitative estimate of drug-likeness (QED) is 0.262. The predicted molar refractivity (Wildman–Crippen MR) is 153 cm³/mol. The second-order valence-electron chi connectivity index (χ2n) is 12.4. The number of ketones is 1. The van der Waals surface area contributed by atoms with Crippen molar-refractivity contribution in [1.82, 2.24) is 20.7 Å². The van der Waals surface area contributed by atoms with Crippen molar-refractivity contribution in [2.75, 3.05) is 19.6 Å². The normalized spacial score (nSPS) is 17.7. The van der Waals surface area contributed by atoms with Crippen LogP contribution in [0.25, 0.3) is 11.3 Å². The Kier molecular flexibility index (Phi) is 8.95. The summed E-state index contributed by atoms with van der Waals surface area (Å²) in [5.41, 5.74) is -3.04. The Morgan fingerprint density at radius 3 is 2.34 bits per heavy atom. The van der Waals surface area contributed by atoms with Crippen molar-refractivity contribution in [3.63, 3.8) is 0 Å². The Labute approximate surface area is 252 Å². The molecule has 0 unspecified atom stereocenters. The summed E-state index contributed by atoms with van der Waals surface area (Å²) in [6.45, 7) is 3.81. The number of carbonyl (C=O) groups excluding carboxylic acids is 2. The number of aromatic nitrogens is 1. The number of rotatable bonds is 10. The first kappa shape index (κ1) is 31.8. The van der Waals surface area contributed by atoms with Crippen LogP contribution in [-0.4, -0.2) is 53.0 Å². The zero-order valence-corrected chi connectivity index (χ0v) is 24.6. The van der Waals surface area contributed by atoms with E-state index in [1.165, 1.54) is 36.8 Å². The van der Waals surface area contributed by atoms with Gasteiger partial charge in [-0.3, -0.25) is 14.5 Å². The van der Waals surface area contributed by atoms with Gasteiger partial charge in [-0.05, 0) is 50.5 Å². The number of halogens is 5. The molecule has 0 spiro atoms. The fourth-order valence-electron chi connectivity index (χ4n) is 6.30. The molecule has 3 aromatic rings. The minimum Gasteiger partial charge on any atom is -0.355 e. The molecule has 2 aromatic carbocycles. The van der Waals surface area contributed by atoms with E-state index in [2.05, 4.69) is 20.7 Å². The third kappa shape index (κ3) is 7.02. The van der Waals surface area contributed by atoms with E-state index >= 15 is 0 Å². The van der Waals surface area contributed by atoms with Gasteiger partial charge in [0.1, 0.15) is 17.4 Å². The minimum atomic E-state index is -4.55. The number of hydrogen-bond acceptors (Lipinski definition) is 6. The lowest BCUT2D eigenvalue weighted by Gasteiger charge is -2.54. The highest BCUT2D eigenvalue weighted by molar-refractivity contribution is 5.94. The van der Waals surface area contributed by atoms with Gasteiger partial charge in [0, 0.05) is 43.2 Å². The van der Waals surface area contributed by atoms with Crippen LogP contribution in [0.5, 0.6) is 0 Å². The van der Waals surface area contributed by atoms with Crippen LogP contribution in [0.3, 0.4) is 0 Å². The van der Waals surface area contributed by atoms with Gasteiger partial charge in [0.15, 0.2) is 11.5 Å². The molecule has 1 aliphatic heterocycles. The molecule has 5 rings (SSSR count). The van der Waals surface area contributed by atoms with Crippen LogP contribution in [0.1, 0.15) is 74.0 Å². The van der Waals surface area contributed by atoms with Crippen molar-refractivity contribution < 1.29 is 36.1 Å². The molecular formula is C32H35F5N4O3. The van der Waals surface area contributed by atoms with Crippen molar-refractivity contribution in [2.45, 2.75) is 75.7 Å². The van der Waals surface area contributed by atoms with Gasteiger partial charge >= 0.3 is 6.18 Å². The van der Waals surface area contributed by atoms with Crippen molar-refractivity contribution >= 4 is 11.7 Å². The number of likely N-dealkylation sites (tertiary alicyclic amines) is 1. The zero-order valence-electron chi connectivity index (χ0n) is 24.6. The largest absolute Gasteiger partial charge is 0.416 e. The first-order chi connectivity index (χ1) is 20.8. The summed E-state index contributed by atoms with van der Waals surface area (Å²) in [6, 6.07) is 9.79. The molecule has 1 aromatic heterocycles. The van der Waals surface area contributed by atoms with Crippen molar-refractivity contribution in [1.29, 1.82) is 0 Å². The molecule has 7 nitrogen and oxygen atoms in total. The number of nitrogens with one attached hydrogen (secondary N) is 2. The lowest BCUT2D eigenvalue weighted by Crippen LogP contribution is -2.73. The predicted octanol–water partition coefficient (Wildman–Crippen LogP) is 6.24. The van der Waals surface area contributed by atoms with Crippen LogP contribution in [0.2, 0.25) is 0 Å². The third-order valence-electron chi connectivity index (χ3n) is 8.59. The molecule has 12 heteroatoms. The summed E-state index contributed by atoms with van der Waals surface area (Å²) in [6.07, 6.45) is 0.853. The Morgan fingerprint density at radius 1 is 1.00 bits per heavy atom. The smallest absolute Gasteiger partial charge is 0.355 e. The van der Waals surface area contributed by atoms with E-state index in [1.807, 2.05) is 0 Å². The Morgan fingerprint density at radius 2 is 1.68 bits per heavy atom. The van der Waals surface area contributed by atoms with Gasteiger partial charge in [0.25, 0.3) is 5.91 Å². The van der Waals surface area contributed by atoms with Gasteiger partial charge in [0.2, 0.25) is 0 Å². The van der Waals surface area contributed by atoms with Gasteiger partial charge in [-0.2, -0.15) is 13.2 Å². The molecule has 236 valence electrons. The van der Waals surface area contributed by atoms with E-state index in [1.54, 1.807) is 13.8 Å². The summed E-state index contributed by atoms with van der Waals surface area (Å²) in [5.74, 6) is -2.58. The van der Waals surface area contributed by atoms with E-state index in [9.17, 15) is 31.5 Å². The molecule has 2 heterocycles. The van der Waals surface area contributed by atoms with Gasteiger partial charge in [-0.25, -0.2) is 8.78 Å². The van der Waals surface area contributed by atoms with Gasteiger partial charge in [-0.15, -0.1) is 0 Å². The molecule has 0 atom stereocenters. The fraction of sp³-hybridized carbons (Fsp3) is 0.469. The number of hydrogen-bond donors (Lipinski definition) is 2. The van der Waals surface area contributed by atoms with E-state index in [0.717, 1.165) is 37.8 Å². The van der Waals surface area contributed by atoms with Crippen LogP contribution in [0.15, 0.2) is 53.1 Å². The molecule has 2 N–H and O–H groups in total. The summed E-state index contributed by atoms with van der Waals surface area (Å²) in [4.78, 5) is 28.8. The molecule has 1 saturated heterocycles. The van der Waals surface area contributed by atoms with Crippen molar-refractivity contribution in [2.24, 2.45) is 0 Å².